The lowest BCUT2D eigenvalue weighted by atomic mass is 10.1. The molecule has 3 nitrogen and oxygen atoms in total. The molecule has 1 amide bonds. The number of benzene rings is 2. The van der Waals surface area contributed by atoms with E-state index in [1.807, 2.05) is 67.6 Å². The Morgan fingerprint density at radius 2 is 1.78 bits per heavy atom. The predicted molar refractivity (Wildman–Crippen MR) is 93.9 cm³/mol. The molecule has 3 heteroatoms. The van der Waals surface area contributed by atoms with Gasteiger partial charge in [-0.2, -0.15) is 0 Å². The number of carbonyl (C=O) groups excluding carboxylic acids is 1. The van der Waals surface area contributed by atoms with Gasteiger partial charge >= 0.3 is 0 Å². The van der Waals surface area contributed by atoms with E-state index in [-0.39, 0.29) is 5.91 Å². The number of ether oxygens (including phenoxy) is 1. The third-order valence-electron chi connectivity index (χ3n) is 3.59. The minimum Gasteiger partial charge on any atom is -0.383 e. The summed E-state index contributed by atoms with van der Waals surface area (Å²) >= 11 is 0. The van der Waals surface area contributed by atoms with Crippen molar-refractivity contribution in [2.24, 2.45) is 0 Å². The van der Waals surface area contributed by atoms with Crippen molar-refractivity contribution in [3.05, 3.63) is 77.4 Å². The Labute approximate surface area is 138 Å². The van der Waals surface area contributed by atoms with Gasteiger partial charge in [0.1, 0.15) is 0 Å². The van der Waals surface area contributed by atoms with E-state index in [4.69, 9.17) is 4.74 Å². The smallest absolute Gasteiger partial charge is 0.246 e. The number of hydrogen-bond donors (Lipinski definition) is 0. The van der Waals surface area contributed by atoms with Crippen molar-refractivity contribution in [1.82, 2.24) is 4.90 Å². The Balaban J connectivity index is 2.04. The summed E-state index contributed by atoms with van der Waals surface area (Å²) in [5.41, 5.74) is 3.34. The second-order valence-electron chi connectivity index (χ2n) is 5.48. The molecule has 0 aliphatic rings. The molecule has 0 aliphatic carbocycles. The third kappa shape index (κ3) is 5.72. The van der Waals surface area contributed by atoms with Crippen LogP contribution in [0.1, 0.15) is 16.7 Å². The Bertz CT molecular complexity index is 632. The second kappa shape index (κ2) is 8.91. The molecular formula is C20H23NO2. The molecule has 0 saturated heterocycles. The minimum absolute atomic E-state index is 0.00789. The molecule has 0 heterocycles. The average molecular weight is 309 g/mol. The van der Waals surface area contributed by atoms with Crippen molar-refractivity contribution in [2.75, 3.05) is 20.3 Å². The van der Waals surface area contributed by atoms with E-state index in [0.717, 1.165) is 11.1 Å². The van der Waals surface area contributed by atoms with Crippen molar-refractivity contribution in [2.45, 2.75) is 13.5 Å². The first-order valence-electron chi connectivity index (χ1n) is 7.75. The van der Waals surface area contributed by atoms with Gasteiger partial charge in [-0.3, -0.25) is 4.79 Å². The highest BCUT2D eigenvalue weighted by Gasteiger charge is 2.10. The molecule has 0 spiro atoms. The second-order valence-corrected chi connectivity index (χ2v) is 5.48. The van der Waals surface area contributed by atoms with E-state index < -0.39 is 0 Å². The lowest BCUT2D eigenvalue weighted by molar-refractivity contribution is -0.127. The average Bonchev–Trinajstić information content (AvgIpc) is 2.58. The van der Waals surface area contributed by atoms with Crippen LogP contribution in [-0.2, 0) is 16.1 Å². The van der Waals surface area contributed by atoms with Crippen LogP contribution in [0.2, 0.25) is 0 Å². The van der Waals surface area contributed by atoms with Gasteiger partial charge in [0.05, 0.1) is 6.61 Å². The van der Waals surface area contributed by atoms with Gasteiger partial charge in [0, 0.05) is 26.3 Å². The monoisotopic (exact) mass is 309 g/mol. The molecule has 0 aromatic heterocycles. The predicted octanol–water partition coefficient (Wildman–Crippen LogP) is 3.68. The molecule has 0 N–H and O–H groups in total. The molecule has 23 heavy (non-hydrogen) atoms. The van der Waals surface area contributed by atoms with Crippen LogP contribution in [0.4, 0.5) is 0 Å². The van der Waals surface area contributed by atoms with Gasteiger partial charge in [0.2, 0.25) is 5.91 Å². The van der Waals surface area contributed by atoms with Gasteiger partial charge in [0.25, 0.3) is 0 Å². The summed E-state index contributed by atoms with van der Waals surface area (Å²) in [7, 11) is 1.65. The lowest BCUT2D eigenvalue weighted by Crippen LogP contribution is -2.32. The van der Waals surface area contributed by atoms with Gasteiger partial charge in [-0.1, -0.05) is 60.2 Å². The summed E-state index contributed by atoms with van der Waals surface area (Å²) in [6.07, 6.45) is 3.48. The van der Waals surface area contributed by atoms with E-state index in [1.54, 1.807) is 18.1 Å². The van der Waals surface area contributed by atoms with E-state index in [0.29, 0.717) is 19.7 Å². The maximum atomic E-state index is 12.5. The maximum Gasteiger partial charge on any atom is 0.246 e. The molecule has 2 aromatic rings. The minimum atomic E-state index is -0.00789. The van der Waals surface area contributed by atoms with Crippen LogP contribution >= 0.6 is 0 Å². The highest BCUT2D eigenvalue weighted by Crippen LogP contribution is 2.08. The Morgan fingerprint density at radius 1 is 1.09 bits per heavy atom. The molecule has 0 saturated carbocycles. The fraction of sp³-hybridized carbons (Fsp3) is 0.250. The maximum absolute atomic E-state index is 12.5. The topological polar surface area (TPSA) is 29.5 Å². The largest absolute Gasteiger partial charge is 0.383 e. The summed E-state index contributed by atoms with van der Waals surface area (Å²) < 4.78 is 5.12. The molecule has 2 aromatic carbocycles. The van der Waals surface area contributed by atoms with Crippen LogP contribution in [0.25, 0.3) is 6.08 Å². The summed E-state index contributed by atoms with van der Waals surface area (Å²) in [6.45, 7) is 3.73. The van der Waals surface area contributed by atoms with Crippen molar-refractivity contribution >= 4 is 12.0 Å². The number of aryl methyl sites for hydroxylation is 1. The summed E-state index contributed by atoms with van der Waals surface area (Å²) in [5.74, 6) is -0.00789. The van der Waals surface area contributed by atoms with Crippen LogP contribution in [0.3, 0.4) is 0 Å². The number of amides is 1. The zero-order valence-electron chi connectivity index (χ0n) is 13.7. The SMILES string of the molecule is COCCN(Cc1ccccc1)C(=O)/C=C/c1ccc(C)cc1. The van der Waals surface area contributed by atoms with Crippen molar-refractivity contribution in [3.8, 4) is 0 Å². The number of rotatable bonds is 7. The van der Waals surface area contributed by atoms with Crippen LogP contribution < -0.4 is 0 Å². The number of methoxy groups -OCH3 is 1. The molecule has 0 aliphatic heterocycles. The van der Waals surface area contributed by atoms with Crippen molar-refractivity contribution in [1.29, 1.82) is 0 Å². The first kappa shape index (κ1) is 17.0. The molecule has 0 unspecified atom stereocenters. The van der Waals surface area contributed by atoms with Crippen LogP contribution in [0.5, 0.6) is 0 Å². The molecule has 0 fully saturated rings. The van der Waals surface area contributed by atoms with E-state index >= 15 is 0 Å². The van der Waals surface area contributed by atoms with E-state index in [2.05, 4.69) is 0 Å². The molecule has 0 atom stereocenters. The van der Waals surface area contributed by atoms with Crippen LogP contribution in [0.15, 0.2) is 60.7 Å². The quantitative estimate of drug-likeness (QED) is 0.730. The van der Waals surface area contributed by atoms with Crippen LogP contribution in [0, 0.1) is 6.92 Å². The molecule has 0 bridgehead atoms. The standard InChI is InChI=1S/C20H23NO2/c1-17-8-10-18(11-9-17)12-13-20(22)21(14-15-23-2)16-19-6-4-3-5-7-19/h3-13H,14-16H2,1-2H3/b13-12+. The molecular weight excluding hydrogens is 286 g/mol. The van der Waals surface area contributed by atoms with Gasteiger partial charge in [0.15, 0.2) is 0 Å². The number of nitrogens with zero attached hydrogens (tertiary/aromatic N) is 1. The fourth-order valence-electron chi connectivity index (χ4n) is 2.22. The zero-order chi connectivity index (χ0) is 16.5. The normalized spacial score (nSPS) is 10.9. The first-order valence-corrected chi connectivity index (χ1v) is 7.75. The van der Waals surface area contributed by atoms with Crippen molar-refractivity contribution < 1.29 is 9.53 Å². The molecule has 0 radical (unpaired) electrons. The van der Waals surface area contributed by atoms with E-state index in [9.17, 15) is 4.79 Å². The first-order chi connectivity index (χ1) is 11.2. The Hall–Kier alpha value is -2.39. The summed E-state index contributed by atoms with van der Waals surface area (Å²) in [6, 6.07) is 18.1. The number of hydrogen-bond acceptors (Lipinski definition) is 2. The summed E-state index contributed by atoms with van der Waals surface area (Å²) in [5, 5.41) is 0. The van der Waals surface area contributed by atoms with E-state index in [1.165, 1.54) is 5.56 Å². The number of carbonyl (C=O) groups is 1. The fourth-order valence-corrected chi connectivity index (χ4v) is 2.22. The summed E-state index contributed by atoms with van der Waals surface area (Å²) in [4.78, 5) is 14.3. The lowest BCUT2D eigenvalue weighted by Gasteiger charge is -2.21. The van der Waals surface area contributed by atoms with Gasteiger partial charge in [-0.05, 0) is 24.1 Å². The Morgan fingerprint density at radius 3 is 2.43 bits per heavy atom. The highest BCUT2D eigenvalue weighted by atomic mass is 16.5. The highest BCUT2D eigenvalue weighted by molar-refractivity contribution is 5.91. The van der Waals surface area contributed by atoms with Gasteiger partial charge in [-0.15, -0.1) is 0 Å². The van der Waals surface area contributed by atoms with Gasteiger partial charge < -0.3 is 9.64 Å². The van der Waals surface area contributed by atoms with Gasteiger partial charge in [-0.25, -0.2) is 0 Å². The molecule has 2 rings (SSSR count). The zero-order valence-corrected chi connectivity index (χ0v) is 13.7. The van der Waals surface area contributed by atoms with Crippen LogP contribution in [-0.4, -0.2) is 31.1 Å². The Kier molecular flexibility index (Phi) is 6.57. The van der Waals surface area contributed by atoms with Crippen molar-refractivity contribution in [3.63, 3.8) is 0 Å². The molecule has 120 valence electrons. The third-order valence-corrected chi connectivity index (χ3v) is 3.59.